The Balaban J connectivity index is 1.91. The van der Waals surface area contributed by atoms with Crippen molar-refractivity contribution >= 4 is 11.9 Å². The standard InChI is InChI=1S/C13H18N2O4/c1-4-7-5-14-8(19-7)6-15-11(16)9-10(12(17)18)13(9,2)3/h5,9-10H,4,6H2,1-3H3,(H,15,16)(H,17,18)/t9-,10+/m1/s1. The third kappa shape index (κ3) is 2.47. The van der Waals surface area contributed by atoms with Crippen LogP contribution in [0.3, 0.4) is 0 Å². The van der Waals surface area contributed by atoms with Crippen LogP contribution in [0.4, 0.5) is 0 Å². The summed E-state index contributed by atoms with van der Waals surface area (Å²) in [4.78, 5) is 27.0. The average molecular weight is 266 g/mol. The lowest BCUT2D eigenvalue weighted by Gasteiger charge is -2.03. The zero-order valence-corrected chi connectivity index (χ0v) is 11.3. The van der Waals surface area contributed by atoms with Gasteiger partial charge >= 0.3 is 5.97 Å². The van der Waals surface area contributed by atoms with Crippen molar-refractivity contribution in [3.63, 3.8) is 0 Å². The Bertz CT molecular complexity index is 506. The Hall–Kier alpha value is -1.85. The van der Waals surface area contributed by atoms with Gasteiger partial charge in [-0.1, -0.05) is 20.8 Å². The van der Waals surface area contributed by atoms with E-state index in [0.29, 0.717) is 5.89 Å². The minimum Gasteiger partial charge on any atom is -0.481 e. The van der Waals surface area contributed by atoms with Gasteiger partial charge in [-0.25, -0.2) is 4.98 Å². The largest absolute Gasteiger partial charge is 0.481 e. The van der Waals surface area contributed by atoms with E-state index in [1.54, 1.807) is 20.0 Å². The molecule has 1 saturated carbocycles. The first kappa shape index (κ1) is 13.6. The zero-order chi connectivity index (χ0) is 14.2. The second-order valence-electron chi connectivity index (χ2n) is 5.41. The molecule has 0 unspecified atom stereocenters. The van der Waals surface area contributed by atoms with Crippen LogP contribution < -0.4 is 5.32 Å². The maximum Gasteiger partial charge on any atom is 0.307 e. The summed E-state index contributed by atoms with van der Waals surface area (Å²) in [5.74, 6) is -1.06. The number of amides is 1. The number of nitrogens with one attached hydrogen (secondary N) is 1. The van der Waals surface area contributed by atoms with Crippen molar-refractivity contribution in [1.82, 2.24) is 10.3 Å². The third-order valence-corrected chi connectivity index (χ3v) is 3.74. The summed E-state index contributed by atoms with van der Waals surface area (Å²) in [5.41, 5.74) is -0.485. The second-order valence-corrected chi connectivity index (χ2v) is 5.41. The summed E-state index contributed by atoms with van der Waals surface area (Å²) in [6.45, 7) is 5.72. The SMILES string of the molecule is CCc1cnc(CNC(=O)[C@H]2[C@@H](C(=O)O)C2(C)C)o1. The van der Waals surface area contributed by atoms with Crippen molar-refractivity contribution in [1.29, 1.82) is 0 Å². The van der Waals surface area contributed by atoms with Crippen LogP contribution in [-0.2, 0) is 22.6 Å². The lowest BCUT2D eigenvalue weighted by atomic mass is 10.1. The highest BCUT2D eigenvalue weighted by Gasteiger charge is 2.65. The lowest BCUT2D eigenvalue weighted by molar-refractivity contribution is -0.140. The first-order valence-electron chi connectivity index (χ1n) is 6.32. The Kier molecular flexibility index (Phi) is 3.34. The van der Waals surface area contributed by atoms with Crippen molar-refractivity contribution in [3.05, 3.63) is 17.8 Å². The van der Waals surface area contributed by atoms with Gasteiger partial charge in [0.1, 0.15) is 5.76 Å². The number of aliphatic carboxylic acids is 1. The van der Waals surface area contributed by atoms with Gasteiger partial charge in [0.2, 0.25) is 11.8 Å². The molecule has 6 heteroatoms. The van der Waals surface area contributed by atoms with E-state index in [9.17, 15) is 9.59 Å². The smallest absolute Gasteiger partial charge is 0.307 e. The molecular formula is C13H18N2O4. The number of hydrogen-bond acceptors (Lipinski definition) is 4. The minimum atomic E-state index is -0.922. The van der Waals surface area contributed by atoms with Gasteiger partial charge in [-0.3, -0.25) is 9.59 Å². The molecule has 2 N–H and O–H groups in total. The molecule has 2 atom stereocenters. The van der Waals surface area contributed by atoms with Crippen LogP contribution in [0.2, 0.25) is 0 Å². The molecule has 0 spiro atoms. The predicted octanol–water partition coefficient (Wildman–Crippen LogP) is 1.21. The van der Waals surface area contributed by atoms with Crippen LogP contribution in [0.25, 0.3) is 0 Å². The number of carboxylic acid groups (broad SMARTS) is 1. The fourth-order valence-corrected chi connectivity index (χ4v) is 2.45. The number of nitrogens with zero attached hydrogens (tertiary/aromatic N) is 1. The molecular weight excluding hydrogens is 248 g/mol. The summed E-state index contributed by atoms with van der Waals surface area (Å²) >= 11 is 0. The summed E-state index contributed by atoms with van der Waals surface area (Å²) in [5, 5.41) is 11.7. The number of rotatable bonds is 5. The van der Waals surface area contributed by atoms with Crippen molar-refractivity contribution in [2.75, 3.05) is 0 Å². The van der Waals surface area contributed by atoms with Crippen molar-refractivity contribution in [3.8, 4) is 0 Å². The molecule has 104 valence electrons. The number of carbonyl (C=O) groups is 2. The third-order valence-electron chi connectivity index (χ3n) is 3.74. The van der Waals surface area contributed by atoms with E-state index >= 15 is 0 Å². The van der Waals surface area contributed by atoms with E-state index in [1.807, 2.05) is 6.92 Å². The fourth-order valence-electron chi connectivity index (χ4n) is 2.45. The Morgan fingerprint density at radius 3 is 2.63 bits per heavy atom. The molecule has 1 aliphatic rings. The van der Waals surface area contributed by atoms with Crippen LogP contribution in [-0.4, -0.2) is 22.0 Å². The minimum absolute atomic E-state index is 0.192. The summed E-state index contributed by atoms with van der Waals surface area (Å²) in [7, 11) is 0. The summed E-state index contributed by atoms with van der Waals surface area (Å²) in [6, 6.07) is 0. The Morgan fingerprint density at radius 2 is 2.16 bits per heavy atom. The van der Waals surface area contributed by atoms with Crippen LogP contribution in [0.5, 0.6) is 0 Å². The number of carboxylic acids is 1. The Labute approximate surface area is 111 Å². The van der Waals surface area contributed by atoms with Crippen LogP contribution in [0, 0.1) is 17.3 Å². The quantitative estimate of drug-likeness (QED) is 0.835. The highest BCUT2D eigenvalue weighted by Crippen LogP contribution is 2.58. The maximum absolute atomic E-state index is 11.9. The predicted molar refractivity (Wildman–Crippen MR) is 66.1 cm³/mol. The van der Waals surface area contributed by atoms with E-state index in [4.69, 9.17) is 9.52 Å². The zero-order valence-electron chi connectivity index (χ0n) is 11.3. The number of aryl methyl sites for hydroxylation is 1. The topological polar surface area (TPSA) is 92.4 Å². The van der Waals surface area contributed by atoms with E-state index in [0.717, 1.165) is 12.2 Å². The van der Waals surface area contributed by atoms with Crippen LogP contribution >= 0.6 is 0 Å². The highest BCUT2D eigenvalue weighted by molar-refractivity contribution is 5.91. The van der Waals surface area contributed by atoms with E-state index < -0.39 is 23.2 Å². The molecule has 1 fully saturated rings. The molecule has 0 aliphatic heterocycles. The van der Waals surface area contributed by atoms with Gasteiger partial charge in [-0.05, 0) is 5.41 Å². The molecule has 19 heavy (non-hydrogen) atoms. The van der Waals surface area contributed by atoms with Crippen molar-refractivity contribution in [2.45, 2.75) is 33.7 Å². The monoisotopic (exact) mass is 266 g/mol. The number of oxazole rings is 1. The van der Waals surface area contributed by atoms with Gasteiger partial charge in [0.15, 0.2) is 0 Å². The molecule has 0 radical (unpaired) electrons. The normalized spacial score (nSPS) is 23.9. The first-order valence-corrected chi connectivity index (χ1v) is 6.32. The molecule has 1 aromatic heterocycles. The fraction of sp³-hybridized carbons (Fsp3) is 0.615. The van der Waals surface area contributed by atoms with Gasteiger partial charge in [0.05, 0.1) is 24.6 Å². The molecule has 1 heterocycles. The van der Waals surface area contributed by atoms with E-state index in [1.165, 1.54) is 0 Å². The van der Waals surface area contributed by atoms with Gasteiger partial charge in [0, 0.05) is 6.42 Å². The van der Waals surface area contributed by atoms with Crippen molar-refractivity contribution in [2.24, 2.45) is 17.3 Å². The van der Waals surface area contributed by atoms with Gasteiger partial charge < -0.3 is 14.8 Å². The number of aromatic nitrogens is 1. The van der Waals surface area contributed by atoms with Crippen LogP contribution in [0.1, 0.15) is 32.4 Å². The van der Waals surface area contributed by atoms with Gasteiger partial charge in [0.25, 0.3) is 0 Å². The number of carbonyl (C=O) groups excluding carboxylic acids is 1. The second kappa shape index (κ2) is 4.68. The molecule has 0 aromatic carbocycles. The van der Waals surface area contributed by atoms with Crippen LogP contribution in [0.15, 0.2) is 10.6 Å². The molecule has 1 aromatic rings. The van der Waals surface area contributed by atoms with Gasteiger partial charge in [-0.2, -0.15) is 0 Å². The molecule has 2 rings (SSSR count). The summed E-state index contributed by atoms with van der Waals surface area (Å²) < 4.78 is 5.37. The average Bonchev–Trinajstić information content (AvgIpc) is 2.73. The molecule has 1 aliphatic carbocycles. The van der Waals surface area contributed by atoms with E-state index in [-0.39, 0.29) is 12.5 Å². The highest BCUT2D eigenvalue weighted by atomic mass is 16.4. The Morgan fingerprint density at radius 1 is 1.47 bits per heavy atom. The first-order chi connectivity index (χ1) is 8.87. The molecule has 0 bridgehead atoms. The van der Waals surface area contributed by atoms with E-state index in [2.05, 4.69) is 10.3 Å². The molecule has 6 nitrogen and oxygen atoms in total. The molecule has 1 amide bonds. The molecule has 0 saturated heterocycles. The maximum atomic E-state index is 11.9. The lowest BCUT2D eigenvalue weighted by Crippen LogP contribution is -2.26. The number of hydrogen-bond donors (Lipinski definition) is 2. The van der Waals surface area contributed by atoms with Crippen molar-refractivity contribution < 1.29 is 19.1 Å². The van der Waals surface area contributed by atoms with Gasteiger partial charge in [-0.15, -0.1) is 0 Å². The summed E-state index contributed by atoms with van der Waals surface area (Å²) in [6.07, 6.45) is 2.38.